The van der Waals surface area contributed by atoms with E-state index in [4.69, 9.17) is 4.74 Å². The van der Waals surface area contributed by atoms with Crippen LogP contribution in [0.5, 0.6) is 0 Å². The van der Waals surface area contributed by atoms with Gasteiger partial charge in [-0.2, -0.15) is 0 Å². The molecule has 1 aliphatic rings. The van der Waals surface area contributed by atoms with Gasteiger partial charge in [-0.05, 0) is 25.1 Å². The summed E-state index contributed by atoms with van der Waals surface area (Å²) in [7, 11) is 0. The molecule has 28 heavy (non-hydrogen) atoms. The standard InChI is InChI=1S/C19H17F3N4O2/c1-2-28-19(27)16-7-23-17-8-24-18(10-26(16)17)25-9-12(21)6-15(25)13-5-11(20)3-4-14(13)22/h3-5,7-8,10,12,15H,2,6,9H2,1H3/t12-,15+/m0/s1. The minimum absolute atomic E-state index is 0.00868. The van der Waals surface area contributed by atoms with Crippen molar-refractivity contribution in [3.63, 3.8) is 0 Å². The van der Waals surface area contributed by atoms with Crippen LogP contribution in [0.2, 0.25) is 0 Å². The van der Waals surface area contributed by atoms with Crippen molar-refractivity contribution in [2.45, 2.75) is 25.6 Å². The van der Waals surface area contributed by atoms with E-state index >= 15 is 0 Å². The third-order valence-electron chi connectivity index (χ3n) is 4.73. The zero-order chi connectivity index (χ0) is 19.8. The molecule has 4 rings (SSSR count). The van der Waals surface area contributed by atoms with Crippen LogP contribution < -0.4 is 4.90 Å². The summed E-state index contributed by atoms with van der Waals surface area (Å²) >= 11 is 0. The fourth-order valence-corrected chi connectivity index (χ4v) is 3.49. The van der Waals surface area contributed by atoms with Crippen molar-refractivity contribution in [3.05, 3.63) is 59.7 Å². The summed E-state index contributed by atoms with van der Waals surface area (Å²) < 4.78 is 48.6. The highest BCUT2D eigenvalue weighted by Crippen LogP contribution is 2.38. The Kier molecular flexibility index (Phi) is 4.66. The van der Waals surface area contributed by atoms with Crippen LogP contribution in [0, 0.1) is 11.6 Å². The summed E-state index contributed by atoms with van der Waals surface area (Å²) in [6, 6.07) is 2.40. The van der Waals surface area contributed by atoms with E-state index in [9.17, 15) is 18.0 Å². The quantitative estimate of drug-likeness (QED) is 0.639. The van der Waals surface area contributed by atoms with E-state index in [0.717, 1.165) is 18.2 Å². The van der Waals surface area contributed by atoms with E-state index in [1.165, 1.54) is 23.0 Å². The molecule has 6 nitrogen and oxygen atoms in total. The Morgan fingerprint density at radius 3 is 2.89 bits per heavy atom. The summed E-state index contributed by atoms with van der Waals surface area (Å²) in [5.41, 5.74) is 0.680. The predicted molar refractivity (Wildman–Crippen MR) is 94.9 cm³/mol. The van der Waals surface area contributed by atoms with Crippen LogP contribution >= 0.6 is 0 Å². The van der Waals surface area contributed by atoms with Crippen LogP contribution in [0.3, 0.4) is 0 Å². The number of fused-ring (bicyclic) bond motifs is 1. The molecule has 0 amide bonds. The number of imidazole rings is 1. The maximum Gasteiger partial charge on any atom is 0.356 e. The molecular weight excluding hydrogens is 373 g/mol. The van der Waals surface area contributed by atoms with Gasteiger partial charge in [0.05, 0.1) is 37.8 Å². The minimum Gasteiger partial charge on any atom is -0.461 e. The Bertz CT molecular complexity index is 1040. The van der Waals surface area contributed by atoms with Gasteiger partial charge < -0.3 is 9.64 Å². The Balaban J connectivity index is 1.76. The average Bonchev–Trinajstić information content (AvgIpc) is 3.26. The number of carbonyl (C=O) groups excluding carboxylic acids is 1. The third-order valence-corrected chi connectivity index (χ3v) is 4.73. The Morgan fingerprint density at radius 1 is 1.29 bits per heavy atom. The lowest BCUT2D eigenvalue weighted by atomic mass is 10.0. The Hall–Kier alpha value is -3.10. The van der Waals surface area contributed by atoms with Crippen molar-refractivity contribution in [2.24, 2.45) is 0 Å². The highest BCUT2D eigenvalue weighted by Gasteiger charge is 2.36. The van der Waals surface area contributed by atoms with Gasteiger partial charge in [-0.25, -0.2) is 27.9 Å². The average molecular weight is 390 g/mol. The number of rotatable bonds is 4. The maximum atomic E-state index is 14.3. The van der Waals surface area contributed by atoms with Gasteiger partial charge in [-0.15, -0.1) is 0 Å². The van der Waals surface area contributed by atoms with Gasteiger partial charge in [0.2, 0.25) is 0 Å². The highest BCUT2D eigenvalue weighted by molar-refractivity contribution is 5.88. The first kappa shape index (κ1) is 18.3. The first-order chi connectivity index (χ1) is 13.5. The molecule has 3 heterocycles. The normalized spacial score (nSPS) is 19.4. The number of nitrogens with zero attached hydrogens (tertiary/aromatic N) is 4. The summed E-state index contributed by atoms with van der Waals surface area (Å²) in [5, 5.41) is 0. The molecule has 0 spiro atoms. The zero-order valence-electron chi connectivity index (χ0n) is 15.0. The van der Waals surface area contributed by atoms with Crippen LogP contribution in [0.4, 0.5) is 19.0 Å². The maximum absolute atomic E-state index is 14.3. The number of aromatic nitrogens is 3. The Labute approximate surface area is 158 Å². The van der Waals surface area contributed by atoms with Gasteiger partial charge in [-0.1, -0.05) is 0 Å². The molecule has 1 aromatic carbocycles. The minimum atomic E-state index is -1.22. The fourth-order valence-electron chi connectivity index (χ4n) is 3.49. The molecule has 9 heteroatoms. The molecule has 0 saturated carbocycles. The topological polar surface area (TPSA) is 59.7 Å². The zero-order valence-corrected chi connectivity index (χ0v) is 15.0. The van der Waals surface area contributed by atoms with Gasteiger partial charge >= 0.3 is 5.97 Å². The van der Waals surface area contributed by atoms with Crippen LogP contribution in [-0.4, -0.2) is 39.7 Å². The van der Waals surface area contributed by atoms with Gasteiger partial charge in [0.1, 0.15) is 23.6 Å². The van der Waals surface area contributed by atoms with Gasteiger partial charge in [0, 0.05) is 12.0 Å². The van der Waals surface area contributed by atoms with Gasteiger partial charge in [-0.3, -0.25) is 4.40 Å². The number of esters is 1. The smallest absolute Gasteiger partial charge is 0.356 e. The fraction of sp³-hybridized carbons (Fsp3) is 0.316. The van der Waals surface area contributed by atoms with Crippen molar-refractivity contribution in [3.8, 4) is 0 Å². The van der Waals surface area contributed by atoms with Crippen molar-refractivity contribution < 1.29 is 22.7 Å². The van der Waals surface area contributed by atoms with Crippen molar-refractivity contribution in [1.82, 2.24) is 14.4 Å². The van der Waals surface area contributed by atoms with Crippen LogP contribution in [-0.2, 0) is 4.74 Å². The number of ether oxygens (including phenoxy) is 1. The number of benzene rings is 1. The summed E-state index contributed by atoms with van der Waals surface area (Å²) in [4.78, 5) is 22.1. The van der Waals surface area contributed by atoms with E-state index in [1.807, 2.05) is 0 Å². The highest BCUT2D eigenvalue weighted by atomic mass is 19.1. The molecule has 146 valence electrons. The van der Waals surface area contributed by atoms with Gasteiger partial charge in [0.25, 0.3) is 0 Å². The lowest BCUT2D eigenvalue weighted by molar-refractivity contribution is 0.0518. The van der Waals surface area contributed by atoms with Crippen molar-refractivity contribution in [2.75, 3.05) is 18.1 Å². The largest absolute Gasteiger partial charge is 0.461 e. The third kappa shape index (κ3) is 3.17. The second-order valence-corrected chi connectivity index (χ2v) is 6.50. The molecule has 1 aliphatic heterocycles. The van der Waals surface area contributed by atoms with E-state index in [2.05, 4.69) is 9.97 Å². The summed E-state index contributed by atoms with van der Waals surface area (Å²) in [5.74, 6) is -1.43. The number of hydrogen-bond acceptors (Lipinski definition) is 5. The van der Waals surface area contributed by atoms with Crippen LogP contribution in [0.25, 0.3) is 5.65 Å². The second kappa shape index (κ2) is 7.14. The monoisotopic (exact) mass is 390 g/mol. The molecular formula is C19H17F3N4O2. The van der Waals surface area contributed by atoms with Crippen molar-refractivity contribution in [1.29, 1.82) is 0 Å². The Morgan fingerprint density at radius 2 is 2.11 bits per heavy atom. The molecule has 3 aromatic rings. The SMILES string of the molecule is CCOC(=O)c1cnc2cnc(N3C[C@@H](F)C[C@@H]3c3cc(F)ccc3F)cn12. The molecule has 2 aromatic heterocycles. The number of hydrogen-bond donors (Lipinski definition) is 0. The number of alkyl halides is 1. The van der Waals surface area contributed by atoms with Crippen LogP contribution in [0.1, 0.15) is 35.4 Å². The molecule has 0 bridgehead atoms. The van der Waals surface area contributed by atoms with Crippen LogP contribution in [0.15, 0.2) is 36.8 Å². The number of carbonyl (C=O) groups is 1. The summed E-state index contributed by atoms with van der Waals surface area (Å²) in [6.07, 6.45) is 3.11. The molecule has 0 unspecified atom stereocenters. The molecule has 0 aliphatic carbocycles. The number of halogens is 3. The van der Waals surface area contributed by atoms with Crippen molar-refractivity contribution >= 4 is 17.4 Å². The lowest BCUT2D eigenvalue weighted by Crippen LogP contribution is -2.26. The first-order valence-electron chi connectivity index (χ1n) is 8.83. The molecule has 0 radical (unpaired) electrons. The van der Waals surface area contributed by atoms with E-state index in [1.54, 1.807) is 11.8 Å². The lowest BCUT2D eigenvalue weighted by Gasteiger charge is -2.26. The molecule has 1 fully saturated rings. The van der Waals surface area contributed by atoms with E-state index < -0.39 is 29.8 Å². The van der Waals surface area contributed by atoms with E-state index in [0.29, 0.717) is 11.5 Å². The molecule has 1 saturated heterocycles. The van der Waals surface area contributed by atoms with Gasteiger partial charge in [0.15, 0.2) is 11.3 Å². The second-order valence-electron chi connectivity index (χ2n) is 6.50. The molecule has 0 N–H and O–H groups in total. The molecule has 2 atom stereocenters. The van der Waals surface area contributed by atoms with E-state index in [-0.39, 0.29) is 30.8 Å². The summed E-state index contributed by atoms with van der Waals surface area (Å²) in [6.45, 7) is 1.88. The predicted octanol–water partition coefficient (Wildman–Crippen LogP) is 3.47. The first-order valence-corrected chi connectivity index (χ1v) is 8.83. The number of anilines is 1.